The van der Waals surface area contributed by atoms with Crippen LogP contribution in [-0.2, 0) is 0 Å². The van der Waals surface area contributed by atoms with Crippen molar-refractivity contribution in [3.63, 3.8) is 0 Å². The number of hydrogen-bond donors (Lipinski definition) is 3. The molecule has 1 amide bonds. The number of aliphatic hydroxyl groups is 1. The third-order valence-corrected chi connectivity index (χ3v) is 5.09. The fourth-order valence-electron chi connectivity index (χ4n) is 2.05. The van der Waals surface area contributed by atoms with E-state index >= 15 is 0 Å². The number of carbonyl (C=O) groups is 1. The van der Waals surface area contributed by atoms with Gasteiger partial charge >= 0.3 is 0 Å². The number of fused-ring (bicyclic) bond motifs is 1. The molecule has 0 atom stereocenters. The average Bonchev–Trinajstić information content (AvgIpc) is 2.73. The standard InChI is InChI=1S/C15H19BrN2O2S/c1-15(2,5-6-19)8-18-14(20)13-12(17)10-7-9(16)3-4-11(10)21-13/h3-4,7,19H,5-6,8,17H2,1-2H3,(H,18,20). The van der Waals surface area contributed by atoms with E-state index in [9.17, 15) is 4.79 Å². The third-order valence-electron chi connectivity index (χ3n) is 3.41. The number of nitrogen functional groups attached to an aromatic ring is 1. The monoisotopic (exact) mass is 370 g/mol. The predicted octanol–water partition coefficient (Wildman–Crippen LogP) is 3.38. The summed E-state index contributed by atoms with van der Waals surface area (Å²) in [6, 6.07) is 5.81. The molecule has 114 valence electrons. The third kappa shape index (κ3) is 3.75. The maximum absolute atomic E-state index is 12.3. The Balaban J connectivity index is 2.18. The van der Waals surface area contributed by atoms with Gasteiger partial charge in [0.25, 0.3) is 5.91 Å². The highest BCUT2D eigenvalue weighted by Gasteiger charge is 2.21. The van der Waals surface area contributed by atoms with E-state index in [2.05, 4.69) is 21.2 Å². The molecule has 0 saturated heterocycles. The van der Waals surface area contributed by atoms with Gasteiger partial charge in [0.2, 0.25) is 0 Å². The van der Waals surface area contributed by atoms with E-state index in [-0.39, 0.29) is 17.9 Å². The highest BCUT2D eigenvalue weighted by Crippen LogP contribution is 2.35. The van der Waals surface area contributed by atoms with Crippen molar-refractivity contribution in [3.05, 3.63) is 27.5 Å². The predicted molar refractivity (Wildman–Crippen MR) is 91.8 cm³/mol. The molecule has 4 N–H and O–H groups in total. The molecule has 0 unspecified atom stereocenters. The van der Waals surface area contributed by atoms with Crippen molar-refractivity contribution in [3.8, 4) is 0 Å². The number of nitrogens with one attached hydrogen (secondary N) is 1. The van der Waals surface area contributed by atoms with Crippen LogP contribution in [0.15, 0.2) is 22.7 Å². The lowest BCUT2D eigenvalue weighted by Crippen LogP contribution is -2.34. The first-order chi connectivity index (χ1) is 9.84. The van der Waals surface area contributed by atoms with Crippen LogP contribution in [-0.4, -0.2) is 24.2 Å². The Morgan fingerprint density at radius 3 is 2.86 bits per heavy atom. The maximum Gasteiger partial charge on any atom is 0.263 e. The smallest absolute Gasteiger partial charge is 0.263 e. The van der Waals surface area contributed by atoms with Gasteiger partial charge in [0.15, 0.2) is 0 Å². The van der Waals surface area contributed by atoms with Crippen LogP contribution in [0.5, 0.6) is 0 Å². The zero-order valence-corrected chi connectivity index (χ0v) is 14.5. The van der Waals surface area contributed by atoms with Gasteiger partial charge < -0.3 is 16.2 Å². The van der Waals surface area contributed by atoms with Gasteiger partial charge in [-0.2, -0.15) is 0 Å². The summed E-state index contributed by atoms with van der Waals surface area (Å²) in [7, 11) is 0. The van der Waals surface area contributed by atoms with Crippen molar-refractivity contribution in [2.24, 2.45) is 5.41 Å². The minimum absolute atomic E-state index is 0.113. The summed E-state index contributed by atoms with van der Waals surface area (Å²) in [5.41, 5.74) is 6.48. The van der Waals surface area contributed by atoms with E-state index in [0.29, 0.717) is 23.5 Å². The lowest BCUT2D eigenvalue weighted by Gasteiger charge is -2.23. The van der Waals surface area contributed by atoms with E-state index in [1.165, 1.54) is 11.3 Å². The number of anilines is 1. The van der Waals surface area contributed by atoms with Crippen LogP contribution in [0.2, 0.25) is 0 Å². The molecule has 0 spiro atoms. The Morgan fingerprint density at radius 1 is 1.48 bits per heavy atom. The van der Waals surface area contributed by atoms with Gasteiger partial charge in [0, 0.05) is 27.7 Å². The maximum atomic E-state index is 12.3. The first-order valence-corrected chi connectivity index (χ1v) is 8.31. The molecule has 4 nitrogen and oxygen atoms in total. The normalized spacial score (nSPS) is 11.8. The number of aliphatic hydroxyl groups excluding tert-OH is 1. The van der Waals surface area contributed by atoms with Crippen molar-refractivity contribution in [2.45, 2.75) is 20.3 Å². The molecule has 0 radical (unpaired) electrons. The van der Waals surface area contributed by atoms with Gasteiger partial charge in [-0.3, -0.25) is 4.79 Å². The molecule has 1 aromatic heterocycles. The molecule has 0 aliphatic carbocycles. The summed E-state index contributed by atoms with van der Waals surface area (Å²) < 4.78 is 1.94. The summed E-state index contributed by atoms with van der Waals surface area (Å²) in [4.78, 5) is 12.9. The number of benzene rings is 1. The highest BCUT2D eigenvalue weighted by molar-refractivity contribution is 9.10. The van der Waals surface area contributed by atoms with Gasteiger partial charge in [-0.25, -0.2) is 0 Å². The molecule has 1 heterocycles. The zero-order valence-electron chi connectivity index (χ0n) is 12.1. The number of thiophene rings is 1. The minimum atomic E-state index is -0.157. The Bertz CT molecular complexity index is 667. The highest BCUT2D eigenvalue weighted by atomic mass is 79.9. The van der Waals surface area contributed by atoms with Crippen LogP contribution in [0, 0.1) is 5.41 Å². The molecule has 0 aliphatic rings. The summed E-state index contributed by atoms with van der Waals surface area (Å²) in [5.74, 6) is -0.157. The average molecular weight is 371 g/mol. The number of hydrogen-bond acceptors (Lipinski definition) is 4. The Kier molecular flexibility index (Phi) is 4.91. The lowest BCUT2D eigenvalue weighted by atomic mass is 9.90. The first kappa shape index (κ1) is 16.3. The fraction of sp³-hybridized carbons (Fsp3) is 0.400. The van der Waals surface area contributed by atoms with Gasteiger partial charge in [-0.05, 0) is 30.0 Å². The number of rotatable bonds is 5. The van der Waals surface area contributed by atoms with E-state index in [1.807, 2.05) is 32.0 Å². The summed E-state index contributed by atoms with van der Waals surface area (Å²) >= 11 is 4.81. The summed E-state index contributed by atoms with van der Waals surface area (Å²) in [5, 5.41) is 12.8. The molecular formula is C15H19BrN2O2S. The molecule has 1 aromatic carbocycles. The van der Waals surface area contributed by atoms with Gasteiger partial charge in [-0.1, -0.05) is 29.8 Å². The van der Waals surface area contributed by atoms with Crippen LogP contribution in [0.1, 0.15) is 29.9 Å². The topological polar surface area (TPSA) is 75.3 Å². The first-order valence-electron chi connectivity index (χ1n) is 6.70. The van der Waals surface area contributed by atoms with Crippen molar-refractivity contribution in [1.82, 2.24) is 5.32 Å². The minimum Gasteiger partial charge on any atom is -0.397 e. The van der Waals surface area contributed by atoms with Crippen molar-refractivity contribution >= 4 is 48.9 Å². The quantitative estimate of drug-likeness (QED) is 0.754. The molecular weight excluding hydrogens is 352 g/mol. The Labute approximate surface area is 136 Å². The number of nitrogens with two attached hydrogens (primary N) is 1. The van der Waals surface area contributed by atoms with E-state index in [1.54, 1.807) is 0 Å². The van der Waals surface area contributed by atoms with Crippen LogP contribution in [0.4, 0.5) is 5.69 Å². The van der Waals surface area contributed by atoms with Gasteiger partial charge in [-0.15, -0.1) is 11.3 Å². The second-order valence-electron chi connectivity index (χ2n) is 5.81. The molecule has 6 heteroatoms. The second-order valence-corrected chi connectivity index (χ2v) is 7.77. The molecule has 2 rings (SSSR count). The van der Waals surface area contributed by atoms with Crippen LogP contribution < -0.4 is 11.1 Å². The van der Waals surface area contributed by atoms with E-state index in [0.717, 1.165) is 14.6 Å². The Hall–Kier alpha value is -1.11. The van der Waals surface area contributed by atoms with Crippen molar-refractivity contribution in [2.75, 3.05) is 18.9 Å². The van der Waals surface area contributed by atoms with Crippen molar-refractivity contribution in [1.29, 1.82) is 0 Å². The molecule has 2 aromatic rings. The van der Waals surface area contributed by atoms with Gasteiger partial charge in [0.1, 0.15) is 4.88 Å². The second kappa shape index (κ2) is 6.34. The van der Waals surface area contributed by atoms with E-state index < -0.39 is 0 Å². The molecule has 21 heavy (non-hydrogen) atoms. The fourth-order valence-corrected chi connectivity index (χ4v) is 3.43. The number of carbonyl (C=O) groups excluding carboxylic acids is 1. The van der Waals surface area contributed by atoms with Gasteiger partial charge in [0.05, 0.1) is 5.69 Å². The van der Waals surface area contributed by atoms with Crippen LogP contribution >= 0.6 is 27.3 Å². The zero-order chi connectivity index (χ0) is 15.6. The lowest BCUT2D eigenvalue weighted by molar-refractivity contribution is 0.0933. The largest absolute Gasteiger partial charge is 0.397 e. The molecule has 0 saturated carbocycles. The van der Waals surface area contributed by atoms with E-state index in [4.69, 9.17) is 10.8 Å². The summed E-state index contributed by atoms with van der Waals surface area (Å²) in [6.45, 7) is 4.63. The van der Waals surface area contributed by atoms with Crippen LogP contribution in [0.3, 0.4) is 0 Å². The van der Waals surface area contributed by atoms with Crippen LogP contribution in [0.25, 0.3) is 10.1 Å². The molecule has 0 bridgehead atoms. The Morgan fingerprint density at radius 2 is 2.19 bits per heavy atom. The van der Waals surface area contributed by atoms with Crippen molar-refractivity contribution < 1.29 is 9.90 Å². The summed E-state index contributed by atoms with van der Waals surface area (Å²) in [6.07, 6.45) is 0.641. The SMILES string of the molecule is CC(C)(CCO)CNC(=O)c1sc2ccc(Br)cc2c1N. The molecule has 0 fully saturated rings. The molecule has 0 aliphatic heterocycles. The number of halogens is 1. The number of amides is 1.